The molecule has 0 N–H and O–H groups in total. The number of allylic oxidation sites excluding steroid dienone is 2. The Hall–Kier alpha value is -0.0900. The van der Waals surface area contributed by atoms with Crippen molar-refractivity contribution in [3.05, 3.63) is 23.8 Å². The van der Waals surface area contributed by atoms with Crippen LogP contribution in [0.15, 0.2) is 23.8 Å². The van der Waals surface area contributed by atoms with Crippen molar-refractivity contribution >= 4 is 7.26 Å². The molecular weight excluding hydrogens is 103 g/mol. The van der Waals surface area contributed by atoms with Crippen LogP contribution >= 0.6 is 7.26 Å². The minimum absolute atomic E-state index is 0.404. The monoisotopic (exact) mass is 111 g/mol. The molecule has 2 aliphatic heterocycles. The molecule has 7 heavy (non-hydrogen) atoms. The summed E-state index contributed by atoms with van der Waals surface area (Å²) in [5.41, 5.74) is 0. The van der Waals surface area contributed by atoms with Crippen LogP contribution < -0.4 is 0 Å². The fourth-order valence-electron chi connectivity index (χ4n) is 0.954. The Bertz CT molecular complexity index is 128. The number of hydrogen-bond donors (Lipinski definition) is 0. The van der Waals surface area contributed by atoms with Crippen molar-refractivity contribution < 1.29 is 0 Å². The second-order valence-corrected chi connectivity index (χ2v) is 5.77. The van der Waals surface area contributed by atoms with E-state index in [4.69, 9.17) is 0 Å². The van der Waals surface area contributed by atoms with Crippen molar-refractivity contribution in [3.8, 4) is 0 Å². The first-order valence-corrected chi connectivity index (χ1v) is 4.93. The summed E-state index contributed by atoms with van der Waals surface area (Å²) in [7, 11) is -0.404. The van der Waals surface area contributed by atoms with E-state index < -0.39 is 7.26 Å². The quantitative estimate of drug-likeness (QED) is 0.331. The topological polar surface area (TPSA) is 0 Å². The first-order valence-electron chi connectivity index (χ1n) is 2.63. The lowest BCUT2D eigenvalue weighted by Gasteiger charge is -1.91. The average Bonchev–Trinajstić information content (AvgIpc) is 2.15. The largest absolute Gasteiger partial charge is 0.0990 e. The van der Waals surface area contributed by atoms with Crippen LogP contribution in [0.4, 0.5) is 0 Å². The van der Waals surface area contributed by atoms with Gasteiger partial charge >= 0.3 is 0 Å². The van der Waals surface area contributed by atoms with Gasteiger partial charge in [-0.3, -0.25) is 0 Å². The highest BCUT2D eigenvalue weighted by molar-refractivity contribution is 7.88. The maximum Gasteiger partial charge on any atom is 0.0990 e. The van der Waals surface area contributed by atoms with Gasteiger partial charge in [-0.2, -0.15) is 0 Å². The average molecular weight is 111 g/mol. The molecule has 0 fully saturated rings. The molecule has 0 saturated heterocycles. The van der Waals surface area contributed by atoms with Crippen molar-refractivity contribution in [2.45, 2.75) is 0 Å². The van der Waals surface area contributed by atoms with Crippen LogP contribution in [-0.2, 0) is 0 Å². The molecule has 0 radical (unpaired) electrons. The molecule has 0 aromatic carbocycles. The molecule has 36 valence electrons. The van der Waals surface area contributed by atoms with Gasteiger partial charge in [0.25, 0.3) is 0 Å². The molecule has 0 saturated carbocycles. The van der Waals surface area contributed by atoms with Crippen LogP contribution in [0.1, 0.15) is 0 Å². The summed E-state index contributed by atoms with van der Waals surface area (Å²) < 4.78 is 0. The highest BCUT2D eigenvalue weighted by Gasteiger charge is 2.43. The van der Waals surface area contributed by atoms with Gasteiger partial charge in [-0.05, 0) is 12.2 Å². The molecule has 0 aromatic rings. The Labute approximate surface area is 44.3 Å². The predicted octanol–water partition coefficient (Wildman–Crippen LogP) is 2.06. The van der Waals surface area contributed by atoms with Gasteiger partial charge < -0.3 is 0 Å². The first-order chi connectivity index (χ1) is 3.41. The zero-order chi connectivity index (χ0) is 4.74. The van der Waals surface area contributed by atoms with Crippen molar-refractivity contribution in [3.63, 3.8) is 0 Å². The molecule has 2 heterocycles. The highest BCUT2D eigenvalue weighted by atomic mass is 31.2. The molecule has 0 amide bonds. The van der Waals surface area contributed by atoms with E-state index in [0.29, 0.717) is 0 Å². The summed E-state index contributed by atoms with van der Waals surface area (Å²) in [6.45, 7) is 0. The smallest absolute Gasteiger partial charge is 0.0473 e. The molecule has 0 unspecified atom stereocenters. The molecular formula is C6H8P+. The van der Waals surface area contributed by atoms with Gasteiger partial charge in [0.15, 0.2) is 0 Å². The van der Waals surface area contributed by atoms with Crippen LogP contribution in [0, 0.1) is 0 Å². The fraction of sp³-hybridized carbons (Fsp3) is 0.333. The van der Waals surface area contributed by atoms with Gasteiger partial charge in [0.1, 0.15) is 0 Å². The summed E-state index contributed by atoms with van der Waals surface area (Å²) >= 11 is 0. The lowest BCUT2D eigenvalue weighted by molar-refractivity contribution is 1.78. The maximum absolute atomic E-state index is 2.41. The minimum atomic E-state index is -0.404. The van der Waals surface area contributed by atoms with Gasteiger partial charge in [-0.25, -0.2) is 0 Å². The zero-order valence-electron chi connectivity index (χ0n) is 4.17. The minimum Gasteiger partial charge on any atom is -0.0473 e. The SMILES string of the molecule is C1=CC[P+]2(C=C2)C1. The Morgan fingerprint density at radius 3 is 1.86 bits per heavy atom. The molecule has 0 nitrogen and oxygen atoms in total. The lowest BCUT2D eigenvalue weighted by atomic mass is 10.6. The summed E-state index contributed by atoms with van der Waals surface area (Å²) in [6, 6.07) is 0. The Balaban J connectivity index is 2.16. The van der Waals surface area contributed by atoms with Crippen molar-refractivity contribution in [2.24, 2.45) is 0 Å². The molecule has 0 atom stereocenters. The van der Waals surface area contributed by atoms with E-state index in [9.17, 15) is 0 Å². The van der Waals surface area contributed by atoms with Gasteiger partial charge in [0, 0.05) is 0 Å². The van der Waals surface area contributed by atoms with Crippen molar-refractivity contribution in [2.75, 3.05) is 12.3 Å². The van der Waals surface area contributed by atoms with E-state index in [-0.39, 0.29) is 0 Å². The van der Waals surface area contributed by atoms with Crippen molar-refractivity contribution in [1.29, 1.82) is 0 Å². The van der Waals surface area contributed by atoms with E-state index in [1.165, 1.54) is 12.3 Å². The Morgan fingerprint density at radius 1 is 1.00 bits per heavy atom. The third-order valence-corrected chi connectivity index (χ3v) is 4.55. The molecule has 0 aromatic heterocycles. The predicted molar refractivity (Wildman–Crippen MR) is 34.9 cm³/mol. The standard InChI is InChI=1S/C6H8P/c1-2-4-7(3-1)5-6-7/h1-2,5-6H,3-4H2/q+1. The van der Waals surface area contributed by atoms with E-state index in [1.54, 1.807) is 0 Å². The van der Waals surface area contributed by atoms with E-state index in [2.05, 4.69) is 23.8 Å². The van der Waals surface area contributed by atoms with Gasteiger partial charge in [0.2, 0.25) is 0 Å². The highest BCUT2D eigenvalue weighted by Crippen LogP contribution is 2.75. The third kappa shape index (κ3) is 0.467. The fourth-order valence-corrected chi connectivity index (χ4v) is 3.43. The lowest BCUT2D eigenvalue weighted by Crippen LogP contribution is -1.71. The third-order valence-electron chi connectivity index (χ3n) is 1.63. The second-order valence-electron chi connectivity index (χ2n) is 2.24. The van der Waals surface area contributed by atoms with E-state index in [0.717, 1.165) is 0 Å². The first kappa shape index (κ1) is 3.86. The van der Waals surface area contributed by atoms with E-state index in [1.807, 2.05) is 0 Å². The van der Waals surface area contributed by atoms with Crippen LogP contribution in [0.25, 0.3) is 0 Å². The summed E-state index contributed by atoms with van der Waals surface area (Å²) in [6.07, 6.45) is 7.39. The molecule has 1 spiro atoms. The second kappa shape index (κ2) is 1.00. The Morgan fingerprint density at radius 2 is 1.57 bits per heavy atom. The number of hydrogen-bond acceptors (Lipinski definition) is 0. The maximum atomic E-state index is 2.41. The van der Waals surface area contributed by atoms with Crippen LogP contribution in [-0.4, -0.2) is 12.3 Å². The molecule has 0 aliphatic carbocycles. The van der Waals surface area contributed by atoms with Crippen LogP contribution in [0.3, 0.4) is 0 Å². The van der Waals surface area contributed by atoms with Crippen LogP contribution in [0.2, 0.25) is 0 Å². The molecule has 2 aliphatic rings. The molecule has 0 bridgehead atoms. The van der Waals surface area contributed by atoms with Crippen LogP contribution in [0.5, 0.6) is 0 Å². The summed E-state index contributed by atoms with van der Waals surface area (Å²) in [4.78, 5) is 0. The van der Waals surface area contributed by atoms with Gasteiger partial charge in [0.05, 0.1) is 31.2 Å². The van der Waals surface area contributed by atoms with Gasteiger partial charge in [-0.15, -0.1) is 0 Å². The van der Waals surface area contributed by atoms with Crippen molar-refractivity contribution in [1.82, 2.24) is 0 Å². The molecule has 2 rings (SSSR count). The normalized spacial score (nSPS) is 29.7. The zero-order valence-corrected chi connectivity index (χ0v) is 5.07. The summed E-state index contributed by atoms with van der Waals surface area (Å²) in [5.74, 6) is 4.82. The van der Waals surface area contributed by atoms with E-state index >= 15 is 0 Å². The molecule has 1 heteroatoms. The Kier molecular flexibility index (Phi) is 0.554. The number of rotatable bonds is 0. The summed E-state index contributed by atoms with van der Waals surface area (Å²) in [5, 5.41) is 0. The van der Waals surface area contributed by atoms with Gasteiger partial charge in [-0.1, -0.05) is 0 Å².